The highest BCUT2D eigenvalue weighted by Crippen LogP contribution is 2.04. The van der Waals surface area contributed by atoms with Crippen molar-refractivity contribution in [2.24, 2.45) is 0 Å². The maximum absolute atomic E-state index is 4.16. The van der Waals surface area contributed by atoms with Gasteiger partial charge in [-0.05, 0) is 13.3 Å². The first-order valence-electron chi connectivity index (χ1n) is 4.41. The molecule has 1 N–H and O–H groups in total. The monoisotopic (exact) mass is 165 g/mol. The molecule has 0 bridgehead atoms. The van der Waals surface area contributed by atoms with E-state index in [1.54, 1.807) is 6.33 Å². The molecule has 3 heteroatoms. The predicted octanol–water partition coefficient (Wildman–Crippen LogP) is 1.86. The molecule has 0 saturated heterocycles. The molecule has 3 nitrogen and oxygen atoms in total. The Morgan fingerprint density at radius 2 is 2.17 bits per heavy atom. The summed E-state index contributed by atoms with van der Waals surface area (Å²) in [5, 5.41) is 3.16. The Hall–Kier alpha value is -1.12. The minimum Gasteiger partial charge on any atom is -0.370 e. The van der Waals surface area contributed by atoms with E-state index in [1.165, 1.54) is 0 Å². The van der Waals surface area contributed by atoms with Crippen molar-refractivity contribution < 1.29 is 0 Å². The molecule has 0 amide bonds. The Morgan fingerprint density at radius 1 is 1.33 bits per heavy atom. The Bertz CT molecular complexity index is 214. The smallest absolute Gasteiger partial charge is 0.129 e. The van der Waals surface area contributed by atoms with E-state index in [0.29, 0.717) is 0 Å². The van der Waals surface area contributed by atoms with E-state index in [4.69, 9.17) is 0 Å². The SMILES string of the molecule is CCCc1cc(NCC)ncn1. The van der Waals surface area contributed by atoms with Crippen molar-refractivity contribution in [2.45, 2.75) is 26.7 Å². The van der Waals surface area contributed by atoms with Crippen LogP contribution in [0.25, 0.3) is 0 Å². The minimum atomic E-state index is 0.905. The van der Waals surface area contributed by atoms with E-state index in [2.05, 4.69) is 29.1 Å². The first kappa shape index (κ1) is 8.97. The van der Waals surface area contributed by atoms with Gasteiger partial charge in [0.15, 0.2) is 0 Å². The standard InChI is InChI=1S/C9H15N3/c1-3-5-8-6-9(10-4-2)12-7-11-8/h6-7H,3-5H2,1-2H3,(H,10,11,12). The first-order valence-corrected chi connectivity index (χ1v) is 4.41. The molecule has 0 atom stereocenters. The van der Waals surface area contributed by atoms with Crippen molar-refractivity contribution in [1.29, 1.82) is 0 Å². The molecule has 0 fully saturated rings. The average molecular weight is 165 g/mol. The van der Waals surface area contributed by atoms with Crippen molar-refractivity contribution in [3.8, 4) is 0 Å². The molecule has 66 valence electrons. The number of hydrogen-bond donors (Lipinski definition) is 1. The number of hydrogen-bond acceptors (Lipinski definition) is 3. The Labute approximate surface area is 73.2 Å². The van der Waals surface area contributed by atoms with E-state index < -0.39 is 0 Å². The lowest BCUT2D eigenvalue weighted by Gasteiger charge is -2.02. The molecule has 0 aromatic carbocycles. The van der Waals surface area contributed by atoms with Crippen LogP contribution in [-0.2, 0) is 6.42 Å². The summed E-state index contributed by atoms with van der Waals surface area (Å²) >= 11 is 0. The summed E-state index contributed by atoms with van der Waals surface area (Å²) in [6, 6.07) is 2.01. The number of aromatic nitrogens is 2. The van der Waals surface area contributed by atoms with Crippen LogP contribution < -0.4 is 5.32 Å². The maximum atomic E-state index is 4.16. The Balaban J connectivity index is 2.67. The van der Waals surface area contributed by atoms with Gasteiger partial charge in [-0.2, -0.15) is 0 Å². The summed E-state index contributed by atoms with van der Waals surface area (Å²) in [5.74, 6) is 0.927. The van der Waals surface area contributed by atoms with E-state index in [-0.39, 0.29) is 0 Å². The van der Waals surface area contributed by atoms with Crippen LogP contribution >= 0.6 is 0 Å². The highest BCUT2D eigenvalue weighted by molar-refractivity contribution is 5.34. The van der Waals surface area contributed by atoms with Crippen LogP contribution in [0.1, 0.15) is 26.0 Å². The molecule has 0 aliphatic heterocycles. The highest BCUT2D eigenvalue weighted by Gasteiger charge is 1.95. The van der Waals surface area contributed by atoms with Gasteiger partial charge in [-0.3, -0.25) is 0 Å². The van der Waals surface area contributed by atoms with Crippen LogP contribution in [0.5, 0.6) is 0 Å². The van der Waals surface area contributed by atoms with Gasteiger partial charge in [0.2, 0.25) is 0 Å². The molecule has 0 aliphatic rings. The molecule has 1 rings (SSSR count). The first-order chi connectivity index (χ1) is 5.86. The Kier molecular flexibility index (Phi) is 3.51. The minimum absolute atomic E-state index is 0.905. The van der Waals surface area contributed by atoms with Crippen LogP contribution in [0, 0.1) is 0 Å². The molecule has 1 heterocycles. The second-order valence-electron chi connectivity index (χ2n) is 2.67. The summed E-state index contributed by atoms with van der Waals surface area (Å²) in [5.41, 5.74) is 1.11. The lowest BCUT2D eigenvalue weighted by Crippen LogP contribution is -2.01. The van der Waals surface area contributed by atoms with Gasteiger partial charge in [-0.15, -0.1) is 0 Å². The van der Waals surface area contributed by atoms with Crippen LogP contribution in [0.15, 0.2) is 12.4 Å². The topological polar surface area (TPSA) is 37.8 Å². The van der Waals surface area contributed by atoms with Gasteiger partial charge in [0.1, 0.15) is 12.1 Å². The molecule has 1 aromatic rings. The molecule has 0 radical (unpaired) electrons. The second-order valence-corrected chi connectivity index (χ2v) is 2.67. The van der Waals surface area contributed by atoms with Gasteiger partial charge in [0.05, 0.1) is 0 Å². The third-order valence-corrected chi connectivity index (χ3v) is 1.59. The van der Waals surface area contributed by atoms with Crippen molar-refractivity contribution in [3.63, 3.8) is 0 Å². The van der Waals surface area contributed by atoms with E-state index in [9.17, 15) is 0 Å². The largest absolute Gasteiger partial charge is 0.370 e. The number of anilines is 1. The van der Waals surface area contributed by atoms with Gasteiger partial charge >= 0.3 is 0 Å². The zero-order valence-electron chi connectivity index (χ0n) is 7.67. The molecular weight excluding hydrogens is 150 g/mol. The van der Waals surface area contributed by atoms with E-state index in [1.807, 2.05) is 6.07 Å². The molecular formula is C9H15N3. The third-order valence-electron chi connectivity index (χ3n) is 1.59. The highest BCUT2D eigenvalue weighted by atomic mass is 15.0. The van der Waals surface area contributed by atoms with Gasteiger partial charge in [-0.25, -0.2) is 9.97 Å². The predicted molar refractivity (Wildman–Crippen MR) is 50.2 cm³/mol. The van der Waals surface area contributed by atoms with E-state index >= 15 is 0 Å². The van der Waals surface area contributed by atoms with Crippen LogP contribution in [-0.4, -0.2) is 16.5 Å². The fourth-order valence-corrected chi connectivity index (χ4v) is 1.07. The van der Waals surface area contributed by atoms with Crippen LogP contribution in [0.3, 0.4) is 0 Å². The number of nitrogens with one attached hydrogen (secondary N) is 1. The normalized spacial score (nSPS) is 9.83. The zero-order chi connectivity index (χ0) is 8.81. The summed E-state index contributed by atoms with van der Waals surface area (Å²) in [4.78, 5) is 8.25. The molecule has 0 unspecified atom stereocenters. The average Bonchev–Trinajstić information content (AvgIpc) is 2.06. The van der Waals surface area contributed by atoms with Gasteiger partial charge in [0.25, 0.3) is 0 Å². The van der Waals surface area contributed by atoms with Crippen LogP contribution in [0.4, 0.5) is 5.82 Å². The summed E-state index contributed by atoms with van der Waals surface area (Å²) < 4.78 is 0. The van der Waals surface area contributed by atoms with Crippen LogP contribution in [0.2, 0.25) is 0 Å². The lowest BCUT2D eigenvalue weighted by atomic mass is 10.2. The zero-order valence-corrected chi connectivity index (χ0v) is 7.67. The van der Waals surface area contributed by atoms with Gasteiger partial charge in [-0.1, -0.05) is 13.3 Å². The quantitative estimate of drug-likeness (QED) is 0.740. The molecule has 0 aliphatic carbocycles. The van der Waals surface area contributed by atoms with Crippen molar-refractivity contribution in [1.82, 2.24) is 9.97 Å². The maximum Gasteiger partial charge on any atom is 0.129 e. The fraction of sp³-hybridized carbons (Fsp3) is 0.556. The lowest BCUT2D eigenvalue weighted by molar-refractivity contribution is 0.872. The fourth-order valence-electron chi connectivity index (χ4n) is 1.07. The van der Waals surface area contributed by atoms with E-state index in [0.717, 1.165) is 30.9 Å². The van der Waals surface area contributed by atoms with Crippen molar-refractivity contribution in [2.75, 3.05) is 11.9 Å². The molecule has 0 spiro atoms. The molecule has 12 heavy (non-hydrogen) atoms. The van der Waals surface area contributed by atoms with Gasteiger partial charge < -0.3 is 5.32 Å². The van der Waals surface area contributed by atoms with Crippen molar-refractivity contribution >= 4 is 5.82 Å². The third kappa shape index (κ3) is 2.49. The number of rotatable bonds is 4. The number of aryl methyl sites for hydroxylation is 1. The molecule has 1 aromatic heterocycles. The second kappa shape index (κ2) is 4.70. The molecule has 0 saturated carbocycles. The summed E-state index contributed by atoms with van der Waals surface area (Å²) in [6.07, 6.45) is 3.77. The van der Waals surface area contributed by atoms with Gasteiger partial charge in [0, 0.05) is 18.3 Å². The Morgan fingerprint density at radius 3 is 2.83 bits per heavy atom. The summed E-state index contributed by atoms with van der Waals surface area (Å²) in [6.45, 7) is 5.11. The summed E-state index contributed by atoms with van der Waals surface area (Å²) in [7, 11) is 0. The number of nitrogens with zero attached hydrogens (tertiary/aromatic N) is 2. The van der Waals surface area contributed by atoms with Crippen molar-refractivity contribution in [3.05, 3.63) is 18.1 Å².